The summed E-state index contributed by atoms with van der Waals surface area (Å²) in [5.41, 5.74) is -0.495. The van der Waals surface area contributed by atoms with Gasteiger partial charge in [-0.05, 0) is 24.3 Å². The molecule has 3 aromatic heterocycles. The Kier molecular flexibility index (Phi) is 6.47. The largest absolute Gasteiger partial charge is 0.460 e. The summed E-state index contributed by atoms with van der Waals surface area (Å²) in [6.07, 6.45) is -4.68. The van der Waals surface area contributed by atoms with Crippen molar-refractivity contribution in [2.45, 2.75) is 23.3 Å². The van der Waals surface area contributed by atoms with Gasteiger partial charge in [-0.15, -0.1) is 0 Å². The highest BCUT2D eigenvalue weighted by Crippen LogP contribution is 2.55. The highest BCUT2D eigenvalue weighted by molar-refractivity contribution is 7.88. The zero-order chi connectivity index (χ0) is 26.3. The molecule has 0 aliphatic heterocycles. The molecule has 188 valence electrons. The van der Waals surface area contributed by atoms with Gasteiger partial charge >= 0.3 is 33.4 Å². The molecule has 0 unspecified atom stereocenters. The second-order valence-electron chi connectivity index (χ2n) is 6.70. The number of pyridine rings is 3. The van der Waals surface area contributed by atoms with Crippen LogP contribution in [0.15, 0.2) is 60.9 Å². The number of nitrogens with zero attached hydrogens (tertiary/aromatic N) is 3. The summed E-state index contributed by atoms with van der Waals surface area (Å²) in [5.74, 6) is -16.0. The number of hydrogen-bond donors (Lipinski definition) is 0. The minimum absolute atomic E-state index is 0.00761. The lowest BCUT2D eigenvalue weighted by atomic mass is 10.1. The van der Waals surface area contributed by atoms with Crippen LogP contribution in [0.1, 0.15) is 0 Å². The Morgan fingerprint density at radius 1 is 0.657 bits per heavy atom. The summed E-state index contributed by atoms with van der Waals surface area (Å²) in [6.45, 7) is 0. The molecule has 0 saturated heterocycles. The molecule has 0 aliphatic carbocycles. The minimum atomic E-state index is -7.43. The molecular weight excluding hydrogens is 521 g/mol. The van der Waals surface area contributed by atoms with Gasteiger partial charge in [0.1, 0.15) is 5.75 Å². The summed E-state index contributed by atoms with van der Waals surface area (Å²) < 4.78 is 146. The van der Waals surface area contributed by atoms with E-state index < -0.39 is 39.1 Å². The number of aromatic nitrogens is 3. The third-order valence-electron chi connectivity index (χ3n) is 4.29. The van der Waals surface area contributed by atoms with Crippen molar-refractivity contribution in [1.29, 1.82) is 0 Å². The number of alkyl halides is 9. The molecular formula is C19H10F9N3O3S. The second-order valence-corrected chi connectivity index (χ2v) is 8.29. The van der Waals surface area contributed by atoms with Crippen molar-refractivity contribution in [3.8, 4) is 28.5 Å². The molecule has 6 nitrogen and oxygen atoms in total. The summed E-state index contributed by atoms with van der Waals surface area (Å²) in [7, 11) is -7.14. The fraction of sp³-hybridized carbons (Fsp3) is 0.211. The maximum Gasteiger partial charge on any atom is 0.460 e. The van der Waals surface area contributed by atoms with Crippen LogP contribution in [0.5, 0.6) is 5.75 Å². The zero-order valence-electron chi connectivity index (χ0n) is 16.6. The third-order valence-corrected chi connectivity index (χ3v) is 5.59. The van der Waals surface area contributed by atoms with Crippen LogP contribution in [-0.4, -0.2) is 46.6 Å². The normalized spacial score (nSPS) is 13.5. The van der Waals surface area contributed by atoms with Gasteiger partial charge in [0.15, 0.2) is 0 Å². The number of hydrogen-bond acceptors (Lipinski definition) is 6. The molecule has 3 aromatic rings. The van der Waals surface area contributed by atoms with Gasteiger partial charge in [-0.2, -0.15) is 47.9 Å². The highest BCUT2D eigenvalue weighted by atomic mass is 32.2. The molecule has 0 aromatic carbocycles. The average Bonchev–Trinajstić information content (AvgIpc) is 2.78. The summed E-state index contributed by atoms with van der Waals surface area (Å²) >= 11 is 0. The van der Waals surface area contributed by atoms with Gasteiger partial charge in [0.05, 0.1) is 22.8 Å². The van der Waals surface area contributed by atoms with Crippen LogP contribution in [0.2, 0.25) is 0 Å². The van der Waals surface area contributed by atoms with Crippen molar-refractivity contribution in [2.24, 2.45) is 0 Å². The highest BCUT2D eigenvalue weighted by Gasteiger charge is 2.86. The average molecular weight is 531 g/mol. The predicted octanol–water partition coefficient (Wildman–Crippen LogP) is 5.34. The monoisotopic (exact) mass is 531 g/mol. The Labute approximate surface area is 190 Å². The van der Waals surface area contributed by atoms with Crippen molar-refractivity contribution in [3.05, 3.63) is 60.9 Å². The van der Waals surface area contributed by atoms with E-state index >= 15 is 0 Å². The molecule has 0 bridgehead atoms. The van der Waals surface area contributed by atoms with E-state index in [0.29, 0.717) is 12.1 Å². The van der Waals surface area contributed by atoms with Crippen LogP contribution in [0.3, 0.4) is 0 Å². The Morgan fingerprint density at radius 2 is 1.11 bits per heavy atom. The SMILES string of the molecule is O=S(=O)(Oc1cc(-c2ccccn2)nc(-c2ccccn2)c1)C(F)(F)C(F)(F)C(F)(F)C(F)(F)F. The summed E-state index contributed by atoms with van der Waals surface area (Å²) in [4.78, 5) is 11.9. The van der Waals surface area contributed by atoms with Gasteiger partial charge < -0.3 is 4.18 Å². The lowest BCUT2D eigenvalue weighted by molar-refractivity contribution is -0.382. The van der Waals surface area contributed by atoms with E-state index in [2.05, 4.69) is 19.1 Å². The van der Waals surface area contributed by atoms with Crippen LogP contribution >= 0.6 is 0 Å². The number of halogens is 9. The quantitative estimate of drug-likeness (QED) is 0.303. The van der Waals surface area contributed by atoms with Crippen molar-refractivity contribution < 1.29 is 52.1 Å². The predicted molar refractivity (Wildman–Crippen MR) is 101 cm³/mol. The third kappa shape index (κ3) is 4.61. The molecule has 3 heterocycles. The number of rotatable bonds is 7. The van der Waals surface area contributed by atoms with E-state index in [1.807, 2.05) is 0 Å². The maximum atomic E-state index is 14.1. The molecule has 0 spiro atoms. The van der Waals surface area contributed by atoms with Crippen LogP contribution < -0.4 is 4.18 Å². The second kappa shape index (κ2) is 8.66. The van der Waals surface area contributed by atoms with E-state index in [4.69, 9.17) is 0 Å². The molecule has 0 aliphatic rings. The topological polar surface area (TPSA) is 82.0 Å². The molecule has 16 heteroatoms. The molecule has 0 N–H and O–H groups in total. The van der Waals surface area contributed by atoms with Gasteiger partial charge in [-0.3, -0.25) is 9.97 Å². The van der Waals surface area contributed by atoms with Gasteiger partial charge in [-0.25, -0.2) is 4.98 Å². The lowest BCUT2D eigenvalue weighted by Crippen LogP contribution is -2.63. The van der Waals surface area contributed by atoms with Crippen molar-refractivity contribution in [3.63, 3.8) is 0 Å². The van der Waals surface area contributed by atoms with Crippen molar-refractivity contribution in [1.82, 2.24) is 15.0 Å². The maximum absolute atomic E-state index is 14.1. The fourth-order valence-corrected chi connectivity index (χ4v) is 3.44. The van der Waals surface area contributed by atoms with E-state index in [-0.39, 0.29) is 22.8 Å². The zero-order valence-corrected chi connectivity index (χ0v) is 17.5. The van der Waals surface area contributed by atoms with Crippen LogP contribution in [0.25, 0.3) is 22.8 Å². The summed E-state index contributed by atoms with van der Waals surface area (Å²) in [5, 5.41) is -7.02. The molecule has 0 fully saturated rings. The van der Waals surface area contributed by atoms with Crippen LogP contribution in [0.4, 0.5) is 39.5 Å². The van der Waals surface area contributed by atoms with Crippen molar-refractivity contribution in [2.75, 3.05) is 0 Å². The van der Waals surface area contributed by atoms with Crippen LogP contribution in [0, 0.1) is 0 Å². The van der Waals surface area contributed by atoms with E-state index in [0.717, 1.165) is 0 Å². The fourth-order valence-electron chi connectivity index (χ4n) is 2.54. The Morgan fingerprint density at radius 3 is 1.49 bits per heavy atom. The molecule has 35 heavy (non-hydrogen) atoms. The molecule has 0 atom stereocenters. The van der Waals surface area contributed by atoms with E-state index in [9.17, 15) is 47.9 Å². The van der Waals surface area contributed by atoms with E-state index in [1.165, 1.54) is 48.8 Å². The first-order valence-electron chi connectivity index (χ1n) is 9.00. The first-order valence-corrected chi connectivity index (χ1v) is 10.4. The van der Waals surface area contributed by atoms with E-state index in [1.54, 1.807) is 0 Å². The summed E-state index contributed by atoms with van der Waals surface area (Å²) in [6, 6.07) is 9.75. The molecule has 0 amide bonds. The van der Waals surface area contributed by atoms with Crippen LogP contribution in [-0.2, 0) is 10.1 Å². The van der Waals surface area contributed by atoms with Gasteiger partial charge in [-0.1, -0.05) is 12.1 Å². The molecule has 0 radical (unpaired) electrons. The van der Waals surface area contributed by atoms with Crippen molar-refractivity contribution >= 4 is 10.1 Å². The Bertz CT molecular complexity index is 1250. The Hall–Kier alpha value is -3.43. The minimum Gasteiger partial charge on any atom is -0.378 e. The Balaban J connectivity index is 2.11. The van der Waals surface area contributed by atoms with Gasteiger partial charge in [0, 0.05) is 24.5 Å². The lowest BCUT2D eigenvalue weighted by Gasteiger charge is -2.32. The first-order chi connectivity index (χ1) is 16.0. The van der Waals surface area contributed by atoms with Gasteiger partial charge in [0.2, 0.25) is 0 Å². The molecule has 0 saturated carbocycles. The van der Waals surface area contributed by atoms with Gasteiger partial charge in [0.25, 0.3) is 0 Å². The smallest absolute Gasteiger partial charge is 0.378 e. The first kappa shape index (κ1) is 26.2. The standard InChI is InChI=1S/C19H10F9N3O3S/c20-16(21,18(24,25)26)17(22,23)19(27,28)35(32,33)34-11-9-14(12-5-1-3-7-29-12)31-15(10-11)13-6-2-4-8-30-13/h1-10H. The molecule has 3 rings (SSSR count).